The Morgan fingerprint density at radius 3 is 1.32 bits per heavy atom. The normalized spacial score (nSPS) is 12.6. The minimum Gasteiger partial charge on any atom is -0.228 e. The first-order valence-electron chi connectivity index (χ1n) is 27.6. The topological polar surface area (TPSA) is 51.6 Å². The Morgan fingerprint density at radius 2 is 0.725 bits per heavy atom. The van der Waals surface area contributed by atoms with Crippen molar-refractivity contribution in [3.63, 3.8) is 0 Å². The molecule has 0 fully saturated rings. The smallest absolute Gasteiger partial charge is 0.160 e. The van der Waals surface area contributed by atoms with E-state index in [1.807, 2.05) is 0 Å². The number of hydrogen-bond donors (Lipinski definition) is 0. The summed E-state index contributed by atoms with van der Waals surface area (Å²) in [7, 11) is 0. The third-order valence-corrected chi connectivity index (χ3v) is 16.5. The standard InChI is InChI=1S/C76H52N4/c1-48(2)63-27-17-28-67-72(79-75(80-73(63)67)57-37-33-52-31-35-54(43-60(52)45-57)50-20-9-4-10-21-50)56-38-40-64-65-41-39-58(47-69(65)76(68(64)46-56,61-22-11-5-12-23-61)62-24-13-6-14-25-62)74-77-70-29-16-15-26-66(70)71(78-74)55-36-32-51-30-34-53(42-59(51)44-55)49-18-7-3-8-19-49/h3-48H,1-2H3. The molecule has 0 saturated carbocycles. The van der Waals surface area contributed by atoms with E-state index in [0.29, 0.717) is 11.6 Å². The fraction of sp³-hybridized carbons (Fsp3) is 0.0526. The van der Waals surface area contributed by atoms with Crippen LogP contribution >= 0.6 is 0 Å². The molecule has 14 aromatic rings. The van der Waals surface area contributed by atoms with Crippen LogP contribution in [0.15, 0.2) is 273 Å². The van der Waals surface area contributed by atoms with E-state index in [9.17, 15) is 0 Å². The van der Waals surface area contributed by atoms with Gasteiger partial charge in [0.25, 0.3) is 0 Å². The van der Waals surface area contributed by atoms with Crippen molar-refractivity contribution in [3.05, 3.63) is 301 Å². The summed E-state index contributed by atoms with van der Waals surface area (Å²) < 4.78 is 0. The van der Waals surface area contributed by atoms with E-state index in [1.54, 1.807) is 0 Å². The van der Waals surface area contributed by atoms with E-state index in [0.717, 1.165) is 66.2 Å². The largest absolute Gasteiger partial charge is 0.228 e. The molecule has 0 saturated heterocycles. The highest BCUT2D eigenvalue weighted by Gasteiger charge is 2.46. The van der Waals surface area contributed by atoms with Crippen LogP contribution in [0.4, 0.5) is 0 Å². The van der Waals surface area contributed by atoms with Gasteiger partial charge in [0.15, 0.2) is 11.6 Å². The van der Waals surface area contributed by atoms with Gasteiger partial charge in [-0.2, -0.15) is 0 Å². The van der Waals surface area contributed by atoms with Crippen LogP contribution in [-0.2, 0) is 5.41 Å². The SMILES string of the molecule is CC(C)c1cccc2c(-c3ccc4c(c3)C(c3ccccc3)(c3ccccc3)c3cc(-c5nc(-c6ccc7ccc(-c8ccccc8)cc7c6)c6ccccc6n5)ccc3-4)nc(-c3ccc4ccc(-c5ccccc5)cc4c3)nc12. The average molecular weight is 1020 g/mol. The molecule has 0 unspecified atom stereocenters. The molecule has 0 spiro atoms. The average Bonchev–Trinajstić information content (AvgIpc) is 4.02. The van der Waals surface area contributed by atoms with E-state index in [4.69, 9.17) is 19.9 Å². The highest BCUT2D eigenvalue weighted by Crippen LogP contribution is 2.57. The number of fused-ring (bicyclic) bond motifs is 7. The molecule has 0 amide bonds. The lowest BCUT2D eigenvalue weighted by Crippen LogP contribution is -2.28. The lowest BCUT2D eigenvalue weighted by Gasteiger charge is -2.34. The highest BCUT2D eigenvalue weighted by atomic mass is 14.9. The molecule has 4 heteroatoms. The Labute approximate surface area is 465 Å². The number of aromatic nitrogens is 4. The maximum Gasteiger partial charge on any atom is 0.160 e. The Morgan fingerprint density at radius 1 is 0.300 bits per heavy atom. The van der Waals surface area contributed by atoms with Gasteiger partial charge in [-0.3, -0.25) is 0 Å². The quantitative estimate of drug-likeness (QED) is 0.145. The molecule has 15 rings (SSSR count). The fourth-order valence-corrected chi connectivity index (χ4v) is 12.6. The van der Waals surface area contributed by atoms with Gasteiger partial charge in [0.2, 0.25) is 0 Å². The summed E-state index contributed by atoms with van der Waals surface area (Å²) in [6.45, 7) is 4.50. The van der Waals surface area contributed by atoms with E-state index < -0.39 is 5.41 Å². The van der Waals surface area contributed by atoms with Crippen molar-refractivity contribution in [2.24, 2.45) is 0 Å². The molecule has 0 atom stereocenters. The van der Waals surface area contributed by atoms with Gasteiger partial charge in [-0.25, -0.2) is 19.9 Å². The maximum atomic E-state index is 5.62. The number of hydrogen-bond acceptors (Lipinski definition) is 4. The molecule has 80 heavy (non-hydrogen) atoms. The molecule has 0 radical (unpaired) electrons. The van der Waals surface area contributed by atoms with Crippen molar-refractivity contribution in [1.82, 2.24) is 19.9 Å². The molecule has 1 aliphatic carbocycles. The molecule has 0 N–H and O–H groups in total. The molecule has 2 heterocycles. The predicted molar refractivity (Wildman–Crippen MR) is 332 cm³/mol. The molecule has 2 aromatic heterocycles. The van der Waals surface area contributed by atoms with Crippen molar-refractivity contribution in [2.45, 2.75) is 25.2 Å². The summed E-state index contributed by atoms with van der Waals surface area (Å²) in [6.07, 6.45) is 0. The van der Waals surface area contributed by atoms with Crippen LogP contribution in [-0.4, -0.2) is 19.9 Å². The van der Waals surface area contributed by atoms with Gasteiger partial charge in [-0.15, -0.1) is 0 Å². The Bertz CT molecular complexity index is 4680. The van der Waals surface area contributed by atoms with E-state index in [1.165, 1.54) is 72.0 Å². The zero-order valence-electron chi connectivity index (χ0n) is 44.3. The summed E-state index contributed by atoms with van der Waals surface area (Å²) in [5.74, 6) is 1.63. The number of rotatable bonds is 9. The third-order valence-electron chi connectivity index (χ3n) is 16.5. The van der Waals surface area contributed by atoms with Gasteiger partial charge in [-0.1, -0.05) is 244 Å². The van der Waals surface area contributed by atoms with E-state index in [-0.39, 0.29) is 5.92 Å². The van der Waals surface area contributed by atoms with Crippen LogP contribution in [0.1, 0.15) is 47.6 Å². The predicted octanol–water partition coefficient (Wildman–Crippen LogP) is 19.4. The number of nitrogens with zero attached hydrogens (tertiary/aromatic N) is 4. The van der Waals surface area contributed by atoms with Crippen LogP contribution in [0.3, 0.4) is 0 Å². The fourth-order valence-electron chi connectivity index (χ4n) is 12.6. The summed E-state index contributed by atoms with van der Waals surface area (Å²) in [5, 5.41) is 6.71. The van der Waals surface area contributed by atoms with Crippen molar-refractivity contribution in [3.8, 4) is 78.7 Å². The first-order valence-corrected chi connectivity index (χ1v) is 27.6. The third kappa shape index (κ3) is 7.82. The first-order chi connectivity index (χ1) is 39.4. The molecular weight excluding hydrogens is 969 g/mol. The first kappa shape index (κ1) is 47.1. The van der Waals surface area contributed by atoms with E-state index >= 15 is 0 Å². The Hall–Kier alpha value is -10.2. The van der Waals surface area contributed by atoms with Gasteiger partial charge < -0.3 is 0 Å². The van der Waals surface area contributed by atoms with Crippen LogP contribution in [0, 0.1) is 0 Å². The van der Waals surface area contributed by atoms with Gasteiger partial charge in [0, 0.05) is 33.0 Å². The molecule has 0 bridgehead atoms. The molecule has 1 aliphatic rings. The van der Waals surface area contributed by atoms with Crippen LogP contribution in [0.25, 0.3) is 122 Å². The molecule has 4 nitrogen and oxygen atoms in total. The second kappa shape index (κ2) is 19.1. The second-order valence-electron chi connectivity index (χ2n) is 21.5. The maximum absolute atomic E-state index is 5.62. The molecule has 376 valence electrons. The lowest BCUT2D eigenvalue weighted by atomic mass is 9.67. The zero-order valence-corrected chi connectivity index (χ0v) is 44.3. The second-order valence-corrected chi connectivity index (χ2v) is 21.5. The van der Waals surface area contributed by atoms with Gasteiger partial charge in [0.1, 0.15) is 0 Å². The summed E-state index contributed by atoms with van der Waals surface area (Å²) >= 11 is 0. The number of para-hydroxylation sites is 2. The zero-order chi connectivity index (χ0) is 53.3. The Kier molecular flexibility index (Phi) is 11.2. The minimum atomic E-state index is -0.725. The minimum absolute atomic E-state index is 0.246. The van der Waals surface area contributed by atoms with Crippen LogP contribution in [0.5, 0.6) is 0 Å². The van der Waals surface area contributed by atoms with Gasteiger partial charge in [-0.05, 0) is 131 Å². The van der Waals surface area contributed by atoms with Crippen molar-refractivity contribution >= 4 is 43.4 Å². The summed E-state index contributed by atoms with van der Waals surface area (Å²) in [6, 6.07) is 98.8. The molecule has 12 aromatic carbocycles. The monoisotopic (exact) mass is 1020 g/mol. The Balaban J connectivity index is 0.916. The highest BCUT2D eigenvalue weighted by molar-refractivity contribution is 6.00. The summed E-state index contributed by atoms with van der Waals surface area (Å²) in [4.78, 5) is 22.0. The van der Waals surface area contributed by atoms with Crippen molar-refractivity contribution in [1.29, 1.82) is 0 Å². The van der Waals surface area contributed by atoms with Crippen LogP contribution < -0.4 is 0 Å². The number of benzene rings is 12. The lowest BCUT2D eigenvalue weighted by molar-refractivity contribution is 0.769. The van der Waals surface area contributed by atoms with Crippen molar-refractivity contribution < 1.29 is 0 Å². The van der Waals surface area contributed by atoms with Gasteiger partial charge >= 0.3 is 0 Å². The van der Waals surface area contributed by atoms with Gasteiger partial charge in [0.05, 0.1) is 27.8 Å². The molecule has 0 aliphatic heterocycles. The molecular formula is C76H52N4. The summed E-state index contributed by atoms with van der Waals surface area (Å²) in [5.41, 5.74) is 20.0. The van der Waals surface area contributed by atoms with Crippen LogP contribution in [0.2, 0.25) is 0 Å². The van der Waals surface area contributed by atoms with Crippen molar-refractivity contribution in [2.75, 3.05) is 0 Å². The van der Waals surface area contributed by atoms with E-state index in [2.05, 4.69) is 287 Å².